The molecule has 1 saturated heterocycles. The van der Waals surface area contributed by atoms with Crippen molar-refractivity contribution >= 4 is 73.7 Å². The molecule has 0 radical (unpaired) electrons. The molecule has 0 unspecified atom stereocenters. The summed E-state index contributed by atoms with van der Waals surface area (Å²) >= 11 is 24.1. The number of benzene rings is 2. The van der Waals surface area contributed by atoms with E-state index in [9.17, 15) is 13.2 Å². The standard InChI is InChI=1S/C16H12Cl4N2O3S/c17-9-4-10(18)6-11(5-9)21-16(23)13-7-12(8-14(19)15(13)20)22-2-1-3-26(22,24)25/h4-8H,1-3H2,(H,21,23). The molecule has 1 aliphatic rings. The lowest BCUT2D eigenvalue weighted by molar-refractivity contribution is 0.102. The predicted octanol–water partition coefficient (Wildman–Crippen LogP) is 5.09. The summed E-state index contributed by atoms with van der Waals surface area (Å²) in [7, 11) is -3.42. The van der Waals surface area contributed by atoms with Crippen LogP contribution in [0.25, 0.3) is 0 Å². The molecule has 3 rings (SSSR count). The van der Waals surface area contributed by atoms with Crippen LogP contribution in [-0.2, 0) is 10.0 Å². The van der Waals surface area contributed by atoms with E-state index >= 15 is 0 Å². The third-order valence-electron chi connectivity index (χ3n) is 3.77. The summed E-state index contributed by atoms with van der Waals surface area (Å²) in [6.07, 6.45) is 0.505. The van der Waals surface area contributed by atoms with Crippen molar-refractivity contribution in [1.29, 1.82) is 0 Å². The van der Waals surface area contributed by atoms with Crippen molar-refractivity contribution in [2.75, 3.05) is 21.9 Å². The minimum Gasteiger partial charge on any atom is -0.322 e. The van der Waals surface area contributed by atoms with Gasteiger partial charge in [0.05, 0.1) is 27.0 Å². The molecule has 1 aliphatic heterocycles. The van der Waals surface area contributed by atoms with Crippen LogP contribution in [0.2, 0.25) is 20.1 Å². The quantitative estimate of drug-likeness (QED) is 0.703. The zero-order valence-electron chi connectivity index (χ0n) is 13.1. The highest BCUT2D eigenvalue weighted by molar-refractivity contribution is 7.93. The van der Waals surface area contributed by atoms with Crippen molar-refractivity contribution in [2.24, 2.45) is 0 Å². The van der Waals surface area contributed by atoms with E-state index in [1.165, 1.54) is 34.6 Å². The number of hydrogen-bond acceptors (Lipinski definition) is 3. The Balaban J connectivity index is 1.97. The van der Waals surface area contributed by atoms with E-state index in [2.05, 4.69) is 5.32 Å². The lowest BCUT2D eigenvalue weighted by atomic mass is 10.1. The van der Waals surface area contributed by atoms with Crippen LogP contribution in [0.4, 0.5) is 11.4 Å². The molecule has 0 bridgehead atoms. The van der Waals surface area contributed by atoms with Crippen LogP contribution in [-0.4, -0.2) is 26.6 Å². The van der Waals surface area contributed by atoms with Gasteiger partial charge in [-0.3, -0.25) is 9.10 Å². The number of nitrogens with zero attached hydrogens (tertiary/aromatic N) is 1. The van der Waals surface area contributed by atoms with E-state index in [0.717, 1.165) is 0 Å². The number of rotatable bonds is 3. The molecule has 0 saturated carbocycles. The molecule has 10 heteroatoms. The van der Waals surface area contributed by atoms with Crippen LogP contribution in [0.5, 0.6) is 0 Å². The molecule has 1 fully saturated rings. The highest BCUT2D eigenvalue weighted by Crippen LogP contribution is 2.35. The van der Waals surface area contributed by atoms with Gasteiger partial charge in [-0.05, 0) is 36.8 Å². The fraction of sp³-hybridized carbons (Fsp3) is 0.188. The fourth-order valence-electron chi connectivity index (χ4n) is 2.64. The zero-order chi connectivity index (χ0) is 19.1. The summed E-state index contributed by atoms with van der Waals surface area (Å²) in [4.78, 5) is 12.6. The van der Waals surface area contributed by atoms with Gasteiger partial charge in [0.25, 0.3) is 5.91 Å². The monoisotopic (exact) mass is 452 g/mol. The molecule has 5 nitrogen and oxygen atoms in total. The predicted molar refractivity (Wildman–Crippen MR) is 107 cm³/mol. The highest BCUT2D eigenvalue weighted by Gasteiger charge is 2.30. The Morgan fingerprint density at radius 2 is 1.65 bits per heavy atom. The van der Waals surface area contributed by atoms with E-state index < -0.39 is 15.9 Å². The van der Waals surface area contributed by atoms with Crippen molar-refractivity contribution in [1.82, 2.24) is 0 Å². The molecular formula is C16H12Cl4N2O3S. The van der Waals surface area contributed by atoms with Crippen molar-refractivity contribution in [3.63, 3.8) is 0 Å². The maximum absolute atomic E-state index is 12.6. The summed E-state index contributed by atoms with van der Waals surface area (Å²) in [6, 6.07) is 7.41. The van der Waals surface area contributed by atoms with Crippen LogP contribution in [0, 0.1) is 0 Å². The first-order chi connectivity index (χ1) is 12.2. The summed E-state index contributed by atoms with van der Waals surface area (Å²) in [5.41, 5.74) is 0.720. The first kappa shape index (κ1) is 19.6. The van der Waals surface area contributed by atoms with E-state index in [1.54, 1.807) is 0 Å². The van der Waals surface area contributed by atoms with Crippen molar-refractivity contribution < 1.29 is 13.2 Å². The van der Waals surface area contributed by atoms with Gasteiger partial charge in [-0.2, -0.15) is 0 Å². The van der Waals surface area contributed by atoms with Gasteiger partial charge in [-0.15, -0.1) is 0 Å². The minimum absolute atomic E-state index is 0.0256. The van der Waals surface area contributed by atoms with Crippen molar-refractivity contribution in [2.45, 2.75) is 6.42 Å². The molecule has 2 aromatic rings. The smallest absolute Gasteiger partial charge is 0.257 e. The van der Waals surface area contributed by atoms with Crippen LogP contribution < -0.4 is 9.62 Å². The Hall–Kier alpha value is -1.18. The molecule has 0 aliphatic carbocycles. The molecule has 26 heavy (non-hydrogen) atoms. The molecule has 1 amide bonds. The second-order valence-electron chi connectivity index (χ2n) is 5.64. The van der Waals surface area contributed by atoms with Gasteiger partial charge in [0.2, 0.25) is 10.0 Å². The molecule has 0 aromatic heterocycles. The Labute approximate surface area is 170 Å². The summed E-state index contributed by atoms with van der Waals surface area (Å²) in [6.45, 7) is 0.325. The Bertz CT molecular complexity index is 975. The van der Waals surface area contributed by atoms with Crippen molar-refractivity contribution in [3.05, 3.63) is 56.0 Å². The lowest BCUT2D eigenvalue weighted by Gasteiger charge is -2.19. The highest BCUT2D eigenvalue weighted by atomic mass is 35.5. The Morgan fingerprint density at radius 1 is 1.00 bits per heavy atom. The molecule has 2 aromatic carbocycles. The Kier molecular flexibility index (Phi) is 5.61. The number of nitrogens with one attached hydrogen (secondary N) is 1. The normalized spacial score (nSPS) is 15.9. The minimum atomic E-state index is -3.42. The number of hydrogen-bond donors (Lipinski definition) is 1. The number of carbonyl (C=O) groups is 1. The summed E-state index contributed by atoms with van der Waals surface area (Å²) < 4.78 is 25.5. The third kappa shape index (κ3) is 4.05. The maximum atomic E-state index is 12.6. The number of carbonyl (C=O) groups excluding carboxylic acids is 1. The fourth-order valence-corrected chi connectivity index (χ4v) is 5.12. The molecule has 0 atom stereocenters. The second kappa shape index (κ2) is 7.44. The van der Waals surface area contributed by atoms with Crippen LogP contribution in [0.3, 0.4) is 0 Å². The first-order valence-electron chi connectivity index (χ1n) is 7.44. The van der Waals surface area contributed by atoms with Crippen LogP contribution >= 0.6 is 46.4 Å². The molecule has 138 valence electrons. The van der Waals surface area contributed by atoms with Gasteiger partial charge in [-0.1, -0.05) is 46.4 Å². The SMILES string of the molecule is O=C(Nc1cc(Cl)cc(Cl)c1)c1cc(N2CCCS2(=O)=O)cc(Cl)c1Cl. The van der Waals surface area contributed by atoms with Gasteiger partial charge in [0.15, 0.2) is 0 Å². The average Bonchev–Trinajstić information content (AvgIpc) is 2.88. The summed E-state index contributed by atoms with van der Waals surface area (Å²) in [5, 5.41) is 3.45. The van der Waals surface area contributed by atoms with E-state index in [1.807, 2.05) is 0 Å². The first-order valence-corrected chi connectivity index (χ1v) is 10.6. The summed E-state index contributed by atoms with van der Waals surface area (Å²) in [5.74, 6) is -0.510. The maximum Gasteiger partial charge on any atom is 0.257 e. The van der Waals surface area contributed by atoms with Gasteiger partial charge >= 0.3 is 0 Å². The average molecular weight is 454 g/mol. The van der Waals surface area contributed by atoms with Crippen LogP contribution in [0.15, 0.2) is 30.3 Å². The zero-order valence-corrected chi connectivity index (χ0v) is 16.9. The van der Waals surface area contributed by atoms with E-state index in [0.29, 0.717) is 34.4 Å². The molecule has 0 spiro atoms. The molecule has 1 heterocycles. The number of sulfonamides is 1. The topological polar surface area (TPSA) is 66.5 Å². The second-order valence-corrected chi connectivity index (χ2v) is 9.31. The molecular weight excluding hydrogens is 442 g/mol. The lowest BCUT2D eigenvalue weighted by Crippen LogP contribution is -2.25. The Morgan fingerprint density at radius 3 is 2.23 bits per heavy atom. The largest absolute Gasteiger partial charge is 0.322 e. The third-order valence-corrected chi connectivity index (χ3v) is 6.87. The van der Waals surface area contributed by atoms with E-state index in [-0.39, 0.29) is 21.4 Å². The van der Waals surface area contributed by atoms with Crippen LogP contribution in [0.1, 0.15) is 16.8 Å². The van der Waals surface area contributed by atoms with E-state index in [4.69, 9.17) is 46.4 Å². The van der Waals surface area contributed by atoms with Gasteiger partial charge in [0.1, 0.15) is 0 Å². The van der Waals surface area contributed by atoms with Gasteiger partial charge in [0, 0.05) is 22.3 Å². The molecule has 1 N–H and O–H groups in total. The van der Waals surface area contributed by atoms with Crippen molar-refractivity contribution in [3.8, 4) is 0 Å². The van der Waals surface area contributed by atoms with Gasteiger partial charge in [-0.25, -0.2) is 8.42 Å². The number of halogens is 4. The number of amides is 1. The number of anilines is 2. The van der Waals surface area contributed by atoms with Gasteiger partial charge < -0.3 is 5.32 Å².